The molecule has 0 fully saturated rings. The Kier molecular flexibility index (Phi) is 4.85. The van der Waals surface area contributed by atoms with Crippen molar-refractivity contribution in [2.24, 2.45) is 0 Å². The fourth-order valence-electron chi connectivity index (χ4n) is 1.57. The number of hydrogen-bond donors (Lipinski definition) is 0. The summed E-state index contributed by atoms with van der Waals surface area (Å²) in [4.78, 5) is 2.09. The van der Waals surface area contributed by atoms with Crippen LogP contribution >= 0.6 is 46.6 Å². The van der Waals surface area contributed by atoms with Gasteiger partial charge in [0.05, 0.1) is 10.4 Å². The molecule has 0 bridgehead atoms. The molecule has 2 rings (SSSR count). The average molecular weight is 318 g/mol. The summed E-state index contributed by atoms with van der Waals surface area (Å²) in [7, 11) is 0. The van der Waals surface area contributed by atoms with Gasteiger partial charge >= 0.3 is 0 Å². The number of benzene rings is 2. The molecule has 0 aliphatic heterocycles. The maximum Gasteiger partial charge on any atom is 0.0568 e. The Balaban J connectivity index is 2.37. The first-order valence-corrected chi connectivity index (χ1v) is 7.44. The topological polar surface area (TPSA) is 0 Å². The molecule has 2 aromatic rings. The SMILES string of the molecule is CC(Cl)c1cc(Cl)ccc1Sc1ccccc1Cl. The molecule has 18 heavy (non-hydrogen) atoms. The molecule has 0 amide bonds. The van der Waals surface area contributed by atoms with Crippen molar-refractivity contribution in [3.05, 3.63) is 58.1 Å². The first-order valence-electron chi connectivity index (χ1n) is 5.44. The lowest BCUT2D eigenvalue weighted by molar-refractivity contribution is 1.03. The van der Waals surface area contributed by atoms with Crippen molar-refractivity contribution in [1.82, 2.24) is 0 Å². The highest BCUT2D eigenvalue weighted by Crippen LogP contribution is 2.39. The highest BCUT2D eigenvalue weighted by atomic mass is 35.5. The maximum atomic E-state index is 6.18. The van der Waals surface area contributed by atoms with Crippen LogP contribution in [0.25, 0.3) is 0 Å². The Morgan fingerprint density at radius 2 is 1.72 bits per heavy atom. The van der Waals surface area contributed by atoms with E-state index in [2.05, 4.69) is 0 Å². The number of hydrogen-bond acceptors (Lipinski definition) is 1. The molecule has 0 N–H and O–H groups in total. The molecule has 0 saturated carbocycles. The fraction of sp³-hybridized carbons (Fsp3) is 0.143. The smallest absolute Gasteiger partial charge is 0.0568 e. The fourth-order valence-corrected chi connectivity index (χ4v) is 3.29. The van der Waals surface area contributed by atoms with Crippen LogP contribution in [0.2, 0.25) is 10.0 Å². The second-order valence-corrected chi connectivity index (χ2v) is 6.41. The standard InChI is InChI=1S/C14H11Cl3S/c1-9(15)11-8-10(16)6-7-13(11)18-14-5-3-2-4-12(14)17/h2-9H,1H3. The molecule has 0 radical (unpaired) electrons. The average Bonchev–Trinajstić information content (AvgIpc) is 2.34. The molecule has 0 spiro atoms. The van der Waals surface area contributed by atoms with Gasteiger partial charge in [0.1, 0.15) is 0 Å². The predicted octanol–water partition coefficient (Wildman–Crippen LogP) is 6.44. The van der Waals surface area contributed by atoms with Gasteiger partial charge in [0.25, 0.3) is 0 Å². The number of halogens is 3. The van der Waals surface area contributed by atoms with Crippen LogP contribution in [0.1, 0.15) is 17.9 Å². The van der Waals surface area contributed by atoms with Gasteiger partial charge in [-0.05, 0) is 42.8 Å². The second kappa shape index (κ2) is 6.21. The molecule has 0 heterocycles. The zero-order valence-corrected chi connectivity index (χ0v) is 12.7. The van der Waals surface area contributed by atoms with E-state index in [-0.39, 0.29) is 5.38 Å². The van der Waals surface area contributed by atoms with E-state index >= 15 is 0 Å². The van der Waals surface area contributed by atoms with Crippen LogP contribution in [0.15, 0.2) is 52.3 Å². The summed E-state index contributed by atoms with van der Waals surface area (Å²) in [6.45, 7) is 1.93. The third kappa shape index (κ3) is 3.36. The Bertz CT molecular complexity index is 552. The summed E-state index contributed by atoms with van der Waals surface area (Å²) in [6, 6.07) is 13.5. The van der Waals surface area contributed by atoms with Gasteiger partial charge in [0.2, 0.25) is 0 Å². The summed E-state index contributed by atoms with van der Waals surface area (Å²) in [5.74, 6) is 0. The van der Waals surface area contributed by atoms with E-state index in [0.29, 0.717) is 5.02 Å². The minimum Gasteiger partial charge on any atom is -0.118 e. The predicted molar refractivity (Wildman–Crippen MR) is 81.3 cm³/mol. The summed E-state index contributed by atoms with van der Waals surface area (Å²) in [5.41, 5.74) is 1.02. The van der Waals surface area contributed by atoms with Crippen LogP contribution in [0, 0.1) is 0 Å². The van der Waals surface area contributed by atoms with Gasteiger partial charge in [-0.25, -0.2) is 0 Å². The Labute approximate surface area is 126 Å². The van der Waals surface area contributed by atoms with Crippen LogP contribution in [-0.4, -0.2) is 0 Å². The molecule has 1 unspecified atom stereocenters. The Morgan fingerprint density at radius 1 is 1.00 bits per heavy atom. The molecule has 1 atom stereocenters. The lowest BCUT2D eigenvalue weighted by atomic mass is 10.2. The lowest BCUT2D eigenvalue weighted by Gasteiger charge is -2.12. The molecule has 94 valence electrons. The van der Waals surface area contributed by atoms with Crippen molar-refractivity contribution in [3.63, 3.8) is 0 Å². The summed E-state index contributed by atoms with van der Waals surface area (Å²) < 4.78 is 0. The molecule has 2 aromatic carbocycles. The molecular formula is C14H11Cl3S. The van der Waals surface area contributed by atoms with E-state index in [0.717, 1.165) is 20.4 Å². The lowest BCUT2D eigenvalue weighted by Crippen LogP contribution is -1.89. The molecule has 0 aromatic heterocycles. The summed E-state index contributed by atoms with van der Waals surface area (Å²) >= 11 is 19.9. The first kappa shape index (κ1) is 14.1. The van der Waals surface area contributed by atoms with E-state index in [9.17, 15) is 0 Å². The van der Waals surface area contributed by atoms with Crippen molar-refractivity contribution >= 4 is 46.6 Å². The van der Waals surface area contributed by atoms with E-state index in [1.165, 1.54) is 0 Å². The van der Waals surface area contributed by atoms with Crippen molar-refractivity contribution in [1.29, 1.82) is 0 Å². The van der Waals surface area contributed by atoms with E-state index in [1.807, 2.05) is 49.4 Å². The zero-order valence-electron chi connectivity index (χ0n) is 9.66. The van der Waals surface area contributed by atoms with Gasteiger partial charge in [-0.15, -0.1) is 11.6 Å². The van der Waals surface area contributed by atoms with Crippen molar-refractivity contribution in [2.45, 2.75) is 22.1 Å². The summed E-state index contributed by atoms with van der Waals surface area (Å²) in [6.07, 6.45) is 0. The first-order chi connectivity index (χ1) is 8.58. The van der Waals surface area contributed by atoms with E-state index in [1.54, 1.807) is 11.8 Å². The molecular weight excluding hydrogens is 307 g/mol. The van der Waals surface area contributed by atoms with Gasteiger partial charge < -0.3 is 0 Å². The maximum absolute atomic E-state index is 6.18. The van der Waals surface area contributed by atoms with Crippen molar-refractivity contribution in [3.8, 4) is 0 Å². The van der Waals surface area contributed by atoms with Crippen LogP contribution in [0.4, 0.5) is 0 Å². The van der Waals surface area contributed by atoms with Gasteiger partial charge in [-0.2, -0.15) is 0 Å². The molecule has 4 heteroatoms. The second-order valence-electron chi connectivity index (χ2n) is 3.83. The van der Waals surface area contributed by atoms with Crippen LogP contribution < -0.4 is 0 Å². The molecule has 0 aliphatic rings. The molecule has 0 nitrogen and oxygen atoms in total. The van der Waals surface area contributed by atoms with Gasteiger partial charge in [-0.1, -0.05) is 47.1 Å². The highest BCUT2D eigenvalue weighted by Gasteiger charge is 2.11. The third-order valence-corrected chi connectivity index (χ3v) is 4.54. The highest BCUT2D eigenvalue weighted by molar-refractivity contribution is 7.99. The van der Waals surface area contributed by atoms with Gasteiger partial charge in [-0.3, -0.25) is 0 Å². The number of alkyl halides is 1. The van der Waals surface area contributed by atoms with E-state index < -0.39 is 0 Å². The van der Waals surface area contributed by atoms with Gasteiger partial charge in [0, 0.05) is 14.8 Å². The minimum atomic E-state index is -0.0892. The zero-order chi connectivity index (χ0) is 13.1. The van der Waals surface area contributed by atoms with Crippen LogP contribution in [0.3, 0.4) is 0 Å². The Morgan fingerprint density at radius 3 is 2.39 bits per heavy atom. The van der Waals surface area contributed by atoms with E-state index in [4.69, 9.17) is 34.8 Å². The quantitative estimate of drug-likeness (QED) is 0.587. The molecule has 0 aliphatic carbocycles. The third-order valence-electron chi connectivity index (χ3n) is 2.46. The summed E-state index contributed by atoms with van der Waals surface area (Å²) in [5, 5.41) is 1.35. The normalized spacial score (nSPS) is 12.4. The monoisotopic (exact) mass is 316 g/mol. The number of rotatable bonds is 3. The van der Waals surface area contributed by atoms with Crippen LogP contribution in [0.5, 0.6) is 0 Å². The van der Waals surface area contributed by atoms with Crippen LogP contribution in [-0.2, 0) is 0 Å². The minimum absolute atomic E-state index is 0.0892. The van der Waals surface area contributed by atoms with Crippen molar-refractivity contribution in [2.75, 3.05) is 0 Å². The molecule has 0 saturated heterocycles. The Hall–Kier alpha value is -0.340. The van der Waals surface area contributed by atoms with Gasteiger partial charge in [0.15, 0.2) is 0 Å². The van der Waals surface area contributed by atoms with Crippen molar-refractivity contribution < 1.29 is 0 Å². The largest absolute Gasteiger partial charge is 0.118 e.